The molecule has 81 valence electrons. The van der Waals surface area contributed by atoms with Crippen LogP contribution in [0.5, 0.6) is 0 Å². The van der Waals surface area contributed by atoms with Crippen molar-refractivity contribution in [2.45, 2.75) is 20.0 Å². The minimum atomic E-state index is -0.684. The van der Waals surface area contributed by atoms with Crippen LogP contribution in [0.4, 0.5) is 0 Å². The van der Waals surface area contributed by atoms with E-state index in [0.29, 0.717) is 0 Å². The first-order chi connectivity index (χ1) is 7.70. The zero-order valence-corrected chi connectivity index (χ0v) is 9.60. The van der Waals surface area contributed by atoms with E-state index < -0.39 is 6.10 Å². The Balaban J connectivity index is 2.60. The van der Waals surface area contributed by atoms with Gasteiger partial charge in [-0.1, -0.05) is 48.5 Å². The van der Waals surface area contributed by atoms with Gasteiger partial charge in [0, 0.05) is 0 Å². The molecule has 1 nitrogen and oxygen atoms in total. The smallest absolute Gasteiger partial charge is 0.116 e. The lowest BCUT2D eigenvalue weighted by molar-refractivity contribution is 0.107. The van der Waals surface area contributed by atoms with Crippen molar-refractivity contribution >= 4 is 0 Å². The Hall–Kier alpha value is -1.60. The molecule has 2 aromatic carbocycles. The molecule has 0 aliphatic rings. The molecule has 1 radical (unpaired) electrons. The maximum absolute atomic E-state index is 11.6. The van der Waals surface area contributed by atoms with E-state index in [4.69, 9.17) is 0 Å². The summed E-state index contributed by atoms with van der Waals surface area (Å²) < 4.78 is 0. The highest BCUT2D eigenvalue weighted by Crippen LogP contribution is 2.30. The molecule has 2 rings (SSSR count). The summed E-state index contributed by atoms with van der Waals surface area (Å²) in [5.41, 5.74) is 4.29. The highest BCUT2D eigenvalue weighted by Gasteiger charge is 2.10. The van der Waals surface area contributed by atoms with Crippen LogP contribution >= 0.6 is 0 Å². The van der Waals surface area contributed by atoms with Crippen LogP contribution in [0.15, 0.2) is 48.5 Å². The van der Waals surface area contributed by atoms with Gasteiger partial charge in [-0.3, -0.25) is 0 Å². The molecule has 0 N–H and O–H groups in total. The predicted molar refractivity (Wildman–Crippen MR) is 65.7 cm³/mol. The van der Waals surface area contributed by atoms with Gasteiger partial charge in [0.2, 0.25) is 0 Å². The molecule has 0 aliphatic carbocycles. The number of aryl methyl sites for hydroxylation is 1. The molecule has 0 fully saturated rings. The third-order valence-electron chi connectivity index (χ3n) is 2.83. The zero-order valence-electron chi connectivity index (χ0n) is 9.60. The Morgan fingerprint density at radius 1 is 0.875 bits per heavy atom. The SMILES string of the molecule is Cc1ccccc1-c1ccccc1C(C)[O]. The lowest BCUT2D eigenvalue weighted by Gasteiger charge is -2.12. The van der Waals surface area contributed by atoms with E-state index in [-0.39, 0.29) is 0 Å². The third-order valence-corrected chi connectivity index (χ3v) is 2.83. The fourth-order valence-electron chi connectivity index (χ4n) is 1.97. The lowest BCUT2D eigenvalue weighted by Crippen LogP contribution is -1.94. The first-order valence-electron chi connectivity index (χ1n) is 5.51. The Morgan fingerprint density at radius 2 is 1.44 bits per heavy atom. The Bertz CT molecular complexity index is 486. The first-order valence-corrected chi connectivity index (χ1v) is 5.51. The fourth-order valence-corrected chi connectivity index (χ4v) is 1.97. The summed E-state index contributed by atoms with van der Waals surface area (Å²) in [6.07, 6.45) is -0.684. The minimum Gasteiger partial charge on any atom is -0.228 e. The van der Waals surface area contributed by atoms with Crippen molar-refractivity contribution in [2.24, 2.45) is 0 Å². The van der Waals surface area contributed by atoms with Gasteiger partial charge in [0.25, 0.3) is 0 Å². The van der Waals surface area contributed by atoms with Gasteiger partial charge in [0.15, 0.2) is 0 Å². The molecule has 0 spiro atoms. The molecule has 0 saturated heterocycles. The monoisotopic (exact) mass is 211 g/mol. The largest absolute Gasteiger partial charge is 0.228 e. The van der Waals surface area contributed by atoms with Crippen LogP contribution in [-0.2, 0) is 5.11 Å². The van der Waals surface area contributed by atoms with Crippen molar-refractivity contribution < 1.29 is 5.11 Å². The molecule has 0 amide bonds. The van der Waals surface area contributed by atoms with Crippen molar-refractivity contribution in [3.8, 4) is 11.1 Å². The number of hydrogen-bond donors (Lipinski definition) is 0. The minimum absolute atomic E-state index is 0.684. The van der Waals surface area contributed by atoms with Crippen LogP contribution in [0.2, 0.25) is 0 Å². The van der Waals surface area contributed by atoms with Crippen LogP contribution < -0.4 is 0 Å². The molecule has 1 unspecified atom stereocenters. The van der Waals surface area contributed by atoms with E-state index in [9.17, 15) is 5.11 Å². The molecule has 1 heteroatoms. The fraction of sp³-hybridized carbons (Fsp3) is 0.200. The average molecular weight is 211 g/mol. The summed E-state index contributed by atoms with van der Waals surface area (Å²) >= 11 is 0. The summed E-state index contributed by atoms with van der Waals surface area (Å²) in [5.74, 6) is 0. The van der Waals surface area contributed by atoms with E-state index in [1.54, 1.807) is 6.92 Å². The number of rotatable bonds is 2. The quantitative estimate of drug-likeness (QED) is 0.711. The lowest BCUT2D eigenvalue weighted by atomic mass is 9.94. The third kappa shape index (κ3) is 2.00. The number of benzene rings is 2. The van der Waals surface area contributed by atoms with Crippen LogP contribution in [-0.4, -0.2) is 0 Å². The second-order valence-corrected chi connectivity index (χ2v) is 4.04. The normalized spacial score (nSPS) is 12.4. The Labute approximate surface area is 96.4 Å². The predicted octanol–water partition coefficient (Wildman–Crippen LogP) is 4.15. The summed E-state index contributed by atoms with van der Waals surface area (Å²) in [6, 6.07) is 16.0. The Kier molecular flexibility index (Phi) is 3.07. The van der Waals surface area contributed by atoms with Crippen molar-refractivity contribution in [3.63, 3.8) is 0 Å². The number of hydrogen-bond acceptors (Lipinski definition) is 0. The van der Waals surface area contributed by atoms with Gasteiger partial charge in [0.1, 0.15) is 6.10 Å². The maximum atomic E-state index is 11.6. The van der Waals surface area contributed by atoms with E-state index in [0.717, 1.165) is 16.7 Å². The standard InChI is InChI=1S/C15H15O/c1-11-7-3-4-8-13(11)15-10-6-5-9-14(15)12(2)16/h3-10,12H,1-2H3. The van der Waals surface area contributed by atoms with Gasteiger partial charge in [0.05, 0.1) is 0 Å². The molecular weight excluding hydrogens is 196 g/mol. The molecule has 0 bridgehead atoms. The second-order valence-electron chi connectivity index (χ2n) is 4.04. The van der Waals surface area contributed by atoms with Gasteiger partial charge in [-0.25, -0.2) is 5.11 Å². The van der Waals surface area contributed by atoms with Gasteiger partial charge in [-0.2, -0.15) is 0 Å². The van der Waals surface area contributed by atoms with Crippen LogP contribution in [0.3, 0.4) is 0 Å². The van der Waals surface area contributed by atoms with Gasteiger partial charge < -0.3 is 0 Å². The molecule has 2 aromatic rings. The summed E-state index contributed by atoms with van der Waals surface area (Å²) in [5, 5.41) is 11.6. The molecule has 16 heavy (non-hydrogen) atoms. The molecular formula is C15H15O. The molecule has 0 saturated carbocycles. The van der Waals surface area contributed by atoms with Crippen molar-refractivity contribution in [1.29, 1.82) is 0 Å². The first kappa shape index (κ1) is 10.9. The van der Waals surface area contributed by atoms with E-state index in [2.05, 4.69) is 19.1 Å². The molecule has 0 heterocycles. The van der Waals surface area contributed by atoms with Gasteiger partial charge in [-0.05, 0) is 36.1 Å². The highest BCUT2D eigenvalue weighted by molar-refractivity contribution is 5.70. The van der Waals surface area contributed by atoms with Crippen molar-refractivity contribution in [1.82, 2.24) is 0 Å². The van der Waals surface area contributed by atoms with E-state index in [1.165, 1.54) is 5.56 Å². The van der Waals surface area contributed by atoms with E-state index in [1.807, 2.05) is 36.4 Å². The van der Waals surface area contributed by atoms with Crippen LogP contribution in [0, 0.1) is 6.92 Å². The van der Waals surface area contributed by atoms with Crippen molar-refractivity contribution in [2.75, 3.05) is 0 Å². The Morgan fingerprint density at radius 3 is 2.06 bits per heavy atom. The summed E-state index contributed by atoms with van der Waals surface area (Å²) in [6.45, 7) is 3.76. The zero-order chi connectivity index (χ0) is 11.5. The maximum Gasteiger partial charge on any atom is 0.116 e. The van der Waals surface area contributed by atoms with Gasteiger partial charge >= 0.3 is 0 Å². The van der Waals surface area contributed by atoms with Crippen LogP contribution in [0.25, 0.3) is 11.1 Å². The summed E-state index contributed by atoms with van der Waals surface area (Å²) in [4.78, 5) is 0. The highest BCUT2D eigenvalue weighted by atomic mass is 16.3. The molecule has 1 atom stereocenters. The topological polar surface area (TPSA) is 19.9 Å². The van der Waals surface area contributed by atoms with Crippen LogP contribution in [0.1, 0.15) is 24.2 Å². The van der Waals surface area contributed by atoms with Crippen molar-refractivity contribution in [3.05, 3.63) is 59.7 Å². The average Bonchev–Trinajstić information content (AvgIpc) is 2.29. The van der Waals surface area contributed by atoms with E-state index >= 15 is 0 Å². The molecule has 0 aliphatic heterocycles. The van der Waals surface area contributed by atoms with Gasteiger partial charge in [-0.15, -0.1) is 0 Å². The summed E-state index contributed by atoms with van der Waals surface area (Å²) in [7, 11) is 0. The second kappa shape index (κ2) is 4.50. The molecule has 0 aromatic heterocycles.